The third kappa shape index (κ3) is 5.25. The average molecular weight is 264 g/mol. The molecule has 1 N–H and O–H groups in total. The Hall–Kier alpha value is -0.160. The molecular weight excluding hydrogens is 242 g/mol. The van der Waals surface area contributed by atoms with Crippen LogP contribution in [0.15, 0.2) is 6.20 Å². The van der Waals surface area contributed by atoms with Gasteiger partial charge in [-0.25, -0.2) is 4.98 Å². The first kappa shape index (κ1) is 15.8. The summed E-state index contributed by atoms with van der Waals surface area (Å²) in [4.78, 5) is 7.83. The molecule has 1 rings (SSSR count). The summed E-state index contributed by atoms with van der Waals surface area (Å²) in [5.74, 6) is 0. The van der Waals surface area contributed by atoms with E-state index in [1.54, 1.807) is 11.3 Å². The van der Waals surface area contributed by atoms with Gasteiger partial charge in [0.15, 0.2) is 0 Å². The molecule has 1 aromatic rings. The van der Waals surface area contributed by atoms with Crippen LogP contribution in [0.2, 0.25) is 0 Å². The number of likely N-dealkylation sites (N-methyl/N-ethyl adjacent to an activating group) is 1. The van der Waals surface area contributed by atoms with Gasteiger partial charge in [0.25, 0.3) is 0 Å². The summed E-state index contributed by atoms with van der Waals surface area (Å²) < 4.78 is 0. The largest absolute Gasteiger partial charge is 0.310 e. The van der Waals surface area contributed by atoms with Gasteiger partial charge < -0.3 is 10.2 Å². The summed E-state index contributed by atoms with van der Waals surface area (Å²) in [6.45, 7) is 6.25. The monoisotopic (exact) mass is 263 g/mol. The number of hydrogen-bond acceptors (Lipinski definition) is 4. The second-order valence-corrected chi connectivity index (χ2v) is 5.32. The standard InChI is InChI=1S/C11H21N3S.ClH/c1-5-10(14(3)4)6-12-7-11-8-13-9(2)15-11;/h8,10,12H,5-7H2,1-4H3;1H. The molecule has 1 heterocycles. The Morgan fingerprint density at radius 1 is 1.50 bits per heavy atom. The van der Waals surface area contributed by atoms with Gasteiger partial charge in [-0.05, 0) is 27.4 Å². The van der Waals surface area contributed by atoms with E-state index < -0.39 is 0 Å². The van der Waals surface area contributed by atoms with Crippen LogP contribution in [-0.2, 0) is 6.54 Å². The molecule has 0 amide bonds. The van der Waals surface area contributed by atoms with Crippen LogP contribution in [0.4, 0.5) is 0 Å². The molecular formula is C11H22ClN3S. The molecule has 3 nitrogen and oxygen atoms in total. The summed E-state index contributed by atoms with van der Waals surface area (Å²) in [5.41, 5.74) is 0. The van der Waals surface area contributed by atoms with E-state index in [4.69, 9.17) is 0 Å². The lowest BCUT2D eigenvalue weighted by Gasteiger charge is -2.22. The molecule has 1 atom stereocenters. The maximum absolute atomic E-state index is 4.24. The fraction of sp³-hybridized carbons (Fsp3) is 0.727. The number of aryl methyl sites for hydroxylation is 1. The van der Waals surface area contributed by atoms with Crippen LogP contribution in [0.1, 0.15) is 23.2 Å². The van der Waals surface area contributed by atoms with Gasteiger partial charge in [-0.1, -0.05) is 6.92 Å². The molecule has 1 aromatic heterocycles. The van der Waals surface area contributed by atoms with Gasteiger partial charge in [0.1, 0.15) is 0 Å². The predicted octanol–water partition coefficient (Wildman–Crippen LogP) is 2.30. The Morgan fingerprint density at radius 3 is 2.62 bits per heavy atom. The minimum atomic E-state index is 0. The van der Waals surface area contributed by atoms with Crippen molar-refractivity contribution >= 4 is 23.7 Å². The van der Waals surface area contributed by atoms with Crippen LogP contribution in [0.3, 0.4) is 0 Å². The van der Waals surface area contributed by atoms with Gasteiger partial charge in [0, 0.05) is 30.2 Å². The summed E-state index contributed by atoms with van der Waals surface area (Å²) >= 11 is 1.77. The lowest BCUT2D eigenvalue weighted by Crippen LogP contribution is -2.36. The maximum Gasteiger partial charge on any atom is 0.0897 e. The first-order chi connectivity index (χ1) is 7.13. The predicted molar refractivity (Wildman–Crippen MR) is 73.6 cm³/mol. The van der Waals surface area contributed by atoms with Crippen molar-refractivity contribution in [2.24, 2.45) is 0 Å². The van der Waals surface area contributed by atoms with Crippen molar-refractivity contribution < 1.29 is 0 Å². The van der Waals surface area contributed by atoms with Crippen molar-refractivity contribution in [1.29, 1.82) is 0 Å². The minimum absolute atomic E-state index is 0. The van der Waals surface area contributed by atoms with Crippen molar-refractivity contribution in [3.05, 3.63) is 16.1 Å². The smallest absolute Gasteiger partial charge is 0.0897 e. The summed E-state index contributed by atoms with van der Waals surface area (Å²) in [6.07, 6.45) is 3.14. The van der Waals surface area contributed by atoms with E-state index in [9.17, 15) is 0 Å². The maximum atomic E-state index is 4.24. The Kier molecular flexibility index (Phi) is 7.93. The molecule has 94 valence electrons. The van der Waals surface area contributed by atoms with Gasteiger partial charge >= 0.3 is 0 Å². The van der Waals surface area contributed by atoms with Crippen molar-refractivity contribution in [2.75, 3.05) is 20.6 Å². The molecule has 0 aliphatic heterocycles. The number of rotatable bonds is 6. The highest BCUT2D eigenvalue weighted by Crippen LogP contribution is 2.10. The molecule has 0 saturated carbocycles. The molecule has 0 fully saturated rings. The molecule has 0 spiro atoms. The zero-order chi connectivity index (χ0) is 11.3. The molecule has 0 aromatic carbocycles. The number of thiazole rings is 1. The Morgan fingerprint density at radius 2 is 2.19 bits per heavy atom. The van der Waals surface area contributed by atoms with Crippen LogP contribution in [0.5, 0.6) is 0 Å². The Labute approximate surface area is 109 Å². The van der Waals surface area contributed by atoms with Crippen LogP contribution in [0.25, 0.3) is 0 Å². The average Bonchev–Trinajstić information content (AvgIpc) is 2.58. The summed E-state index contributed by atoms with van der Waals surface area (Å²) in [6, 6.07) is 0.624. The van der Waals surface area contributed by atoms with Crippen molar-refractivity contribution in [3.8, 4) is 0 Å². The third-order valence-electron chi connectivity index (χ3n) is 2.55. The molecule has 0 bridgehead atoms. The van der Waals surface area contributed by atoms with Gasteiger partial charge in [0.2, 0.25) is 0 Å². The zero-order valence-electron chi connectivity index (χ0n) is 10.5. The lowest BCUT2D eigenvalue weighted by atomic mass is 10.2. The Balaban J connectivity index is 0.00000225. The highest BCUT2D eigenvalue weighted by molar-refractivity contribution is 7.11. The van der Waals surface area contributed by atoms with Gasteiger partial charge in [-0.15, -0.1) is 23.7 Å². The van der Waals surface area contributed by atoms with E-state index in [2.05, 4.69) is 36.2 Å². The second kappa shape index (κ2) is 8.01. The van der Waals surface area contributed by atoms with Crippen LogP contribution < -0.4 is 5.32 Å². The summed E-state index contributed by atoms with van der Waals surface area (Å²) in [5, 5.41) is 4.62. The van der Waals surface area contributed by atoms with Crippen molar-refractivity contribution in [2.45, 2.75) is 32.9 Å². The number of halogens is 1. The van der Waals surface area contributed by atoms with E-state index >= 15 is 0 Å². The van der Waals surface area contributed by atoms with E-state index in [-0.39, 0.29) is 12.4 Å². The van der Waals surface area contributed by atoms with Crippen molar-refractivity contribution in [1.82, 2.24) is 15.2 Å². The van der Waals surface area contributed by atoms with Crippen LogP contribution in [0, 0.1) is 6.92 Å². The van der Waals surface area contributed by atoms with Gasteiger partial charge in [0.05, 0.1) is 5.01 Å². The lowest BCUT2D eigenvalue weighted by molar-refractivity contribution is 0.276. The van der Waals surface area contributed by atoms with Gasteiger partial charge in [-0.3, -0.25) is 0 Å². The highest BCUT2D eigenvalue weighted by atomic mass is 35.5. The molecule has 16 heavy (non-hydrogen) atoms. The van der Waals surface area contributed by atoms with E-state index in [0.717, 1.165) is 18.1 Å². The number of nitrogens with zero attached hydrogens (tertiary/aromatic N) is 2. The molecule has 0 saturated heterocycles. The van der Waals surface area contributed by atoms with Crippen LogP contribution >= 0.6 is 23.7 Å². The van der Waals surface area contributed by atoms with E-state index in [1.807, 2.05) is 13.1 Å². The molecule has 0 aliphatic carbocycles. The SMILES string of the molecule is CCC(CNCc1cnc(C)s1)N(C)C.Cl. The van der Waals surface area contributed by atoms with Crippen LogP contribution in [-0.4, -0.2) is 36.6 Å². The Bertz CT molecular complexity index is 289. The van der Waals surface area contributed by atoms with Crippen molar-refractivity contribution in [3.63, 3.8) is 0 Å². The first-order valence-corrected chi connectivity index (χ1v) is 6.23. The topological polar surface area (TPSA) is 28.2 Å². The minimum Gasteiger partial charge on any atom is -0.310 e. The normalized spacial score (nSPS) is 12.6. The molecule has 5 heteroatoms. The fourth-order valence-electron chi connectivity index (χ4n) is 1.54. The van der Waals surface area contributed by atoms with E-state index in [1.165, 1.54) is 11.3 Å². The molecule has 0 aliphatic rings. The molecule has 0 radical (unpaired) electrons. The van der Waals surface area contributed by atoms with E-state index in [0.29, 0.717) is 6.04 Å². The third-order valence-corrected chi connectivity index (χ3v) is 3.46. The highest BCUT2D eigenvalue weighted by Gasteiger charge is 2.07. The van der Waals surface area contributed by atoms with Gasteiger partial charge in [-0.2, -0.15) is 0 Å². The number of hydrogen-bond donors (Lipinski definition) is 1. The second-order valence-electron chi connectivity index (χ2n) is 4.00. The fourth-order valence-corrected chi connectivity index (χ4v) is 2.31. The number of nitrogens with one attached hydrogen (secondary N) is 1. The zero-order valence-corrected chi connectivity index (χ0v) is 12.1. The quantitative estimate of drug-likeness (QED) is 0.854. The summed E-state index contributed by atoms with van der Waals surface area (Å²) in [7, 11) is 4.26. The number of aromatic nitrogens is 1. The molecule has 1 unspecified atom stereocenters. The first-order valence-electron chi connectivity index (χ1n) is 5.42.